The Morgan fingerprint density at radius 3 is 2.34 bits per heavy atom. The van der Waals surface area contributed by atoms with E-state index in [1.165, 1.54) is 10.5 Å². The summed E-state index contributed by atoms with van der Waals surface area (Å²) in [7, 11) is 0. The highest BCUT2D eigenvalue weighted by Crippen LogP contribution is 2.33. The Bertz CT molecular complexity index is 1200. The maximum atomic E-state index is 13.5. The van der Waals surface area contributed by atoms with E-state index in [1.807, 2.05) is 62.4 Å². The van der Waals surface area contributed by atoms with Crippen LogP contribution in [0.5, 0.6) is 0 Å². The first-order chi connectivity index (χ1) is 15.3. The summed E-state index contributed by atoms with van der Waals surface area (Å²) in [6.45, 7) is 8.43. The molecule has 2 amide bonds. The van der Waals surface area contributed by atoms with Gasteiger partial charge in [-0.1, -0.05) is 55.8 Å². The normalized spacial score (nSPS) is 14.0. The van der Waals surface area contributed by atoms with E-state index in [2.05, 4.69) is 24.1 Å². The van der Waals surface area contributed by atoms with E-state index in [0.717, 1.165) is 27.9 Å². The van der Waals surface area contributed by atoms with Crippen LogP contribution in [0.4, 0.5) is 5.69 Å². The summed E-state index contributed by atoms with van der Waals surface area (Å²) < 4.78 is 0. The SMILES string of the molecule is Cc1ccc(C2=C(Nc3ccc(C(C)C)cc3)C(=O)N(Cc3cccnc3)C2=O)c(C)c1. The minimum atomic E-state index is -0.332. The lowest BCUT2D eigenvalue weighted by Crippen LogP contribution is -2.32. The van der Waals surface area contributed by atoms with Crippen molar-refractivity contribution in [1.82, 2.24) is 9.88 Å². The van der Waals surface area contributed by atoms with Crippen LogP contribution in [0, 0.1) is 13.8 Å². The number of aromatic nitrogens is 1. The molecule has 0 saturated heterocycles. The molecule has 5 nitrogen and oxygen atoms in total. The molecule has 4 rings (SSSR count). The standard InChI is InChI=1S/C27H27N3O2/c1-17(2)21-8-10-22(11-9-21)29-25-24(23-12-7-18(3)14-19(23)4)26(31)30(27(25)32)16-20-6-5-13-28-15-20/h5-15,17,29H,16H2,1-4H3. The smallest absolute Gasteiger partial charge is 0.278 e. The number of rotatable bonds is 6. The van der Waals surface area contributed by atoms with Gasteiger partial charge in [0, 0.05) is 18.1 Å². The molecule has 0 saturated carbocycles. The van der Waals surface area contributed by atoms with Gasteiger partial charge in [0.25, 0.3) is 11.8 Å². The first-order valence-corrected chi connectivity index (χ1v) is 10.8. The van der Waals surface area contributed by atoms with Gasteiger partial charge in [-0.25, -0.2) is 0 Å². The third-order valence-electron chi connectivity index (χ3n) is 5.73. The number of carbonyl (C=O) groups excluding carboxylic acids is 2. The van der Waals surface area contributed by atoms with Gasteiger partial charge in [-0.15, -0.1) is 0 Å². The third-order valence-corrected chi connectivity index (χ3v) is 5.73. The molecular weight excluding hydrogens is 398 g/mol. The van der Waals surface area contributed by atoms with E-state index < -0.39 is 0 Å². The number of anilines is 1. The lowest BCUT2D eigenvalue weighted by Gasteiger charge is -2.15. The Morgan fingerprint density at radius 1 is 0.969 bits per heavy atom. The van der Waals surface area contributed by atoms with E-state index in [9.17, 15) is 9.59 Å². The Kier molecular flexibility index (Phi) is 5.91. The number of hydrogen-bond donors (Lipinski definition) is 1. The average molecular weight is 426 g/mol. The third kappa shape index (κ3) is 4.19. The summed E-state index contributed by atoms with van der Waals surface area (Å²) in [4.78, 5) is 32.3. The molecule has 0 radical (unpaired) electrons. The van der Waals surface area contributed by atoms with Crippen LogP contribution in [-0.2, 0) is 16.1 Å². The van der Waals surface area contributed by atoms with Crippen molar-refractivity contribution in [3.8, 4) is 0 Å². The number of carbonyl (C=O) groups is 2. The van der Waals surface area contributed by atoms with Crippen molar-refractivity contribution in [3.05, 3.63) is 101 Å². The zero-order valence-electron chi connectivity index (χ0n) is 18.8. The van der Waals surface area contributed by atoms with Gasteiger partial charge in [-0.3, -0.25) is 19.5 Å². The van der Waals surface area contributed by atoms with Crippen molar-refractivity contribution in [1.29, 1.82) is 0 Å². The highest BCUT2D eigenvalue weighted by Gasteiger charge is 2.39. The van der Waals surface area contributed by atoms with E-state index >= 15 is 0 Å². The number of aryl methyl sites for hydroxylation is 2. The largest absolute Gasteiger partial charge is 0.350 e. The van der Waals surface area contributed by atoms with Gasteiger partial charge in [-0.05, 0) is 60.2 Å². The fourth-order valence-corrected chi connectivity index (χ4v) is 3.95. The molecule has 2 heterocycles. The number of benzene rings is 2. The molecule has 3 aromatic rings. The molecular formula is C27H27N3O2. The van der Waals surface area contributed by atoms with Gasteiger partial charge < -0.3 is 5.32 Å². The summed E-state index contributed by atoms with van der Waals surface area (Å²) in [5.41, 5.74) is 6.34. The first-order valence-electron chi connectivity index (χ1n) is 10.8. The number of imide groups is 1. The molecule has 0 bridgehead atoms. The summed E-state index contributed by atoms with van der Waals surface area (Å²) in [6.07, 6.45) is 3.34. The predicted octanol–water partition coefficient (Wildman–Crippen LogP) is 5.21. The minimum Gasteiger partial charge on any atom is -0.350 e. The molecule has 0 fully saturated rings. The lowest BCUT2D eigenvalue weighted by atomic mass is 9.97. The van der Waals surface area contributed by atoms with E-state index in [0.29, 0.717) is 17.2 Å². The second-order valence-electron chi connectivity index (χ2n) is 8.53. The second kappa shape index (κ2) is 8.79. The van der Waals surface area contributed by atoms with E-state index in [-0.39, 0.29) is 18.4 Å². The van der Waals surface area contributed by atoms with Crippen LogP contribution in [0.15, 0.2) is 72.7 Å². The molecule has 0 unspecified atom stereocenters. The van der Waals surface area contributed by atoms with Crippen molar-refractivity contribution in [2.45, 2.75) is 40.2 Å². The van der Waals surface area contributed by atoms with Crippen LogP contribution in [0.3, 0.4) is 0 Å². The summed E-state index contributed by atoms with van der Waals surface area (Å²) in [5, 5.41) is 3.25. The molecule has 2 aromatic carbocycles. The van der Waals surface area contributed by atoms with Crippen LogP contribution >= 0.6 is 0 Å². The van der Waals surface area contributed by atoms with Crippen LogP contribution in [0.2, 0.25) is 0 Å². The Hall–Kier alpha value is -3.73. The lowest BCUT2D eigenvalue weighted by molar-refractivity contribution is -0.137. The van der Waals surface area contributed by atoms with Gasteiger partial charge >= 0.3 is 0 Å². The van der Waals surface area contributed by atoms with Crippen LogP contribution in [0.1, 0.15) is 47.6 Å². The van der Waals surface area contributed by atoms with Crippen molar-refractivity contribution in [2.75, 3.05) is 5.32 Å². The second-order valence-corrected chi connectivity index (χ2v) is 8.53. The van der Waals surface area contributed by atoms with Gasteiger partial charge in [-0.2, -0.15) is 0 Å². The molecule has 5 heteroatoms. The molecule has 1 aliphatic rings. The van der Waals surface area contributed by atoms with Crippen LogP contribution in [0.25, 0.3) is 5.57 Å². The number of nitrogens with one attached hydrogen (secondary N) is 1. The molecule has 0 spiro atoms. The maximum absolute atomic E-state index is 13.5. The van der Waals surface area contributed by atoms with Crippen molar-refractivity contribution in [2.24, 2.45) is 0 Å². The highest BCUT2D eigenvalue weighted by molar-refractivity contribution is 6.36. The minimum absolute atomic E-state index is 0.178. The Labute approximate surface area is 188 Å². The van der Waals surface area contributed by atoms with Crippen LogP contribution < -0.4 is 5.32 Å². The van der Waals surface area contributed by atoms with Crippen molar-refractivity contribution < 1.29 is 9.59 Å². The molecule has 32 heavy (non-hydrogen) atoms. The van der Waals surface area contributed by atoms with Crippen molar-refractivity contribution in [3.63, 3.8) is 0 Å². The van der Waals surface area contributed by atoms with E-state index in [1.54, 1.807) is 18.5 Å². The average Bonchev–Trinajstić information content (AvgIpc) is 2.99. The highest BCUT2D eigenvalue weighted by atomic mass is 16.2. The number of pyridine rings is 1. The Balaban J connectivity index is 1.75. The zero-order chi connectivity index (χ0) is 22.8. The van der Waals surface area contributed by atoms with E-state index in [4.69, 9.17) is 0 Å². The molecule has 1 aliphatic heterocycles. The molecule has 1 aromatic heterocycles. The fourth-order valence-electron chi connectivity index (χ4n) is 3.95. The summed E-state index contributed by atoms with van der Waals surface area (Å²) in [5.74, 6) is -0.215. The maximum Gasteiger partial charge on any atom is 0.278 e. The number of nitrogens with zero attached hydrogens (tertiary/aromatic N) is 2. The van der Waals surface area contributed by atoms with Crippen molar-refractivity contribution >= 4 is 23.1 Å². The van der Waals surface area contributed by atoms with Gasteiger partial charge in [0.15, 0.2) is 0 Å². The topological polar surface area (TPSA) is 62.3 Å². The Morgan fingerprint density at radius 2 is 1.72 bits per heavy atom. The molecule has 0 atom stereocenters. The van der Waals surface area contributed by atoms with Gasteiger partial charge in [0.05, 0.1) is 12.1 Å². The fraction of sp³-hybridized carbons (Fsp3) is 0.222. The summed E-state index contributed by atoms with van der Waals surface area (Å²) in [6, 6.07) is 17.5. The number of amides is 2. The summed E-state index contributed by atoms with van der Waals surface area (Å²) >= 11 is 0. The molecule has 0 aliphatic carbocycles. The molecule has 162 valence electrons. The number of hydrogen-bond acceptors (Lipinski definition) is 4. The first kappa shape index (κ1) is 21.5. The van der Waals surface area contributed by atoms with Gasteiger partial charge in [0.2, 0.25) is 0 Å². The zero-order valence-corrected chi connectivity index (χ0v) is 18.8. The van der Waals surface area contributed by atoms with Gasteiger partial charge in [0.1, 0.15) is 5.70 Å². The molecule has 1 N–H and O–H groups in total. The predicted molar refractivity (Wildman–Crippen MR) is 127 cm³/mol. The van der Waals surface area contributed by atoms with Crippen LogP contribution in [-0.4, -0.2) is 21.7 Å². The quantitative estimate of drug-likeness (QED) is 0.551. The monoisotopic (exact) mass is 425 g/mol.